The van der Waals surface area contributed by atoms with Gasteiger partial charge in [-0.2, -0.15) is 0 Å². The van der Waals surface area contributed by atoms with Gasteiger partial charge in [0.2, 0.25) is 11.8 Å². The van der Waals surface area contributed by atoms with Gasteiger partial charge in [-0.1, -0.05) is 52.0 Å². The van der Waals surface area contributed by atoms with Crippen molar-refractivity contribution in [3.8, 4) is 34.1 Å². The van der Waals surface area contributed by atoms with Crippen LogP contribution in [0.15, 0.2) is 48.6 Å². The molecule has 4 N–H and O–H groups in total. The molecule has 2 aromatic rings. The van der Waals surface area contributed by atoms with E-state index in [-0.39, 0.29) is 47.9 Å². The first-order valence-corrected chi connectivity index (χ1v) is 15.7. The quantitative estimate of drug-likeness (QED) is 0.0966. The first-order chi connectivity index (χ1) is 21.0. The van der Waals surface area contributed by atoms with Crippen molar-refractivity contribution in [2.45, 2.75) is 92.2 Å². The van der Waals surface area contributed by atoms with Crippen LogP contribution in [-0.2, 0) is 22.7 Å². The fourth-order valence-corrected chi connectivity index (χ4v) is 4.67. The zero-order valence-electron chi connectivity index (χ0n) is 27.4. The molecule has 0 aliphatic heterocycles. The Balaban J connectivity index is 2.11. The second-order valence-electron chi connectivity index (χ2n) is 11.8. The number of hydrogen-bond acceptors (Lipinski definition) is 6. The average molecular weight is 609 g/mol. The number of nitrogens with one attached hydrogen (secondary N) is 2. The van der Waals surface area contributed by atoms with E-state index in [0.29, 0.717) is 46.9 Å². The summed E-state index contributed by atoms with van der Waals surface area (Å²) >= 11 is 0. The number of hydrogen-bond donors (Lipinski definition) is 4. The van der Waals surface area contributed by atoms with Crippen LogP contribution in [0.25, 0.3) is 11.1 Å². The molecule has 0 radical (unpaired) electrons. The number of aromatic hydroxyl groups is 2. The standard InChI is InChI=1S/C36H52N2O6/c1-25(2)15-11-7-9-13-17-33(39)37-23-27-19-29(35(41)31(21-27)43-5)30-20-28(22-32(44-6)36(30)42)24-38-34(40)18-14-10-8-12-16-26(3)4/h11-12,15-16,19-22,25-26,41-42H,7-10,13-14,17-18,23-24H2,1-6H3,(H,37,39)(H,38,40)/b15-11+,16-12+. The van der Waals surface area contributed by atoms with E-state index in [2.05, 4.69) is 62.6 Å². The van der Waals surface area contributed by atoms with Gasteiger partial charge in [0.05, 0.1) is 14.2 Å². The zero-order chi connectivity index (χ0) is 32.5. The largest absolute Gasteiger partial charge is 0.504 e. The summed E-state index contributed by atoms with van der Waals surface area (Å²) in [6.07, 6.45) is 14.9. The van der Waals surface area contributed by atoms with Crippen molar-refractivity contribution in [2.24, 2.45) is 11.8 Å². The highest BCUT2D eigenvalue weighted by Gasteiger charge is 2.20. The Morgan fingerprint density at radius 2 is 1.07 bits per heavy atom. The summed E-state index contributed by atoms with van der Waals surface area (Å²) in [5.74, 6) is 1.07. The summed E-state index contributed by atoms with van der Waals surface area (Å²) in [5.41, 5.74) is 2.04. The van der Waals surface area contributed by atoms with Crippen molar-refractivity contribution in [3.05, 3.63) is 59.7 Å². The van der Waals surface area contributed by atoms with Crippen LogP contribution < -0.4 is 20.1 Å². The van der Waals surface area contributed by atoms with Gasteiger partial charge in [0.25, 0.3) is 0 Å². The third kappa shape index (κ3) is 12.7. The molecular weight excluding hydrogens is 556 g/mol. The Morgan fingerprint density at radius 3 is 1.41 bits per heavy atom. The number of allylic oxidation sites excluding steroid dienone is 4. The highest BCUT2D eigenvalue weighted by atomic mass is 16.5. The van der Waals surface area contributed by atoms with Crippen LogP contribution in [0.5, 0.6) is 23.0 Å². The second kappa shape index (κ2) is 19.4. The minimum atomic E-state index is -0.151. The van der Waals surface area contributed by atoms with Gasteiger partial charge in [-0.25, -0.2) is 0 Å². The van der Waals surface area contributed by atoms with Gasteiger partial charge in [-0.05, 0) is 85.8 Å². The minimum absolute atomic E-state index is 0.0549. The topological polar surface area (TPSA) is 117 Å². The maximum Gasteiger partial charge on any atom is 0.220 e. The Labute approximate surface area is 263 Å². The maximum absolute atomic E-state index is 12.5. The van der Waals surface area contributed by atoms with Crippen molar-refractivity contribution in [3.63, 3.8) is 0 Å². The van der Waals surface area contributed by atoms with Crippen LogP contribution in [0.2, 0.25) is 0 Å². The van der Waals surface area contributed by atoms with E-state index in [9.17, 15) is 19.8 Å². The number of benzene rings is 2. The normalized spacial score (nSPS) is 11.5. The number of rotatable bonds is 19. The number of phenols is 2. The molecule has 0 unspecified atom stereocenters. The van der Waals surface area contributed by atoms with E-state index < -0.39 is 0 Å². The molecule has 0 saturated heterocycles. The predicted octanol–water partition coefficient (Wildman–Crippen LogP) is 7.56. The van der Waals surface area contributed by atoms with Crippen LogP contribution in [-0.4, -0.2) is 36.2 Å². The molecule has 0 fully saturated rings. The number of unbranched alkanes of at least 4 members (excludes halogenated alkanes) is 4. The summed E-state index contributed by atoms with van der Waals surface area (Å²) in [4.78, 5) is 25.0. The second-order valence-corrected chi connectivity index (χ2v) is 11.8. The van der Waals surface area contributed by atoms with Crippen LogP contribution >= 0.6 is 0 Å². The monoisotopic (exact) mass is 608 g/mol. The SMILES string of the molecule is COc1cc(CNC(=O)CCCC/C=C/C(C)C)cc(-c2cc(CNC(=O)CCCC/C=C/C(C)C)cc(OC)c2O)c1O. The zero-order valence-corrected chi connectivity index (χ0v) is 27.4. The molecule has 2 aromatic carbocycles. The van der Waals surface area contributed by atoms with E-state index in [1.54, 1.807) is 24.3 Å². The number of ether oxygens (including phenoxy) is 2. The molecule has 0 aromatic heterocycles. The average Bonchev–Trinajstić information content (AvgIpc) is 2.99. The molecule has 44 heavy (non-hydrogen) atoms. The molecule has 2 rings (SSSR count). The van der Waals surface area contributed by atoms with Crippen LogP contribution in [0.4, 0.5) is 0 Å². The fraction of sp³-hybridized carbons (Fsp3) is 0.500. The Morgan fingerprint density at radius 1 is 0.682 bits per heavy atom. The van der Waals surface area contributed by atoms with Crippen LogP contribution in [0.1, 0.15) is 90.2 Å². The van der Waals surface area contributed by atoms with Crippen molar-refractivity contribution < 1.29 is 29.3 Å². The molecular formula is C36H52N2O6. The number of carbonyl (C=O) groups excluding carboxylic acids is 2. The summed E-state index contributed by atoms with van der Waals surface area (Å²) in [5, 5.41) is 27.9. The molecule has 8 heteroatoms. The summed E-state index contributed by atoms with van der Waals surface area (Å²) < 4.78 is 10.8. The predicted molar refractivity (Wildman–Crippen MR) is 177 cm³/mol. The molecule has 0 spiro atoms. The fourth-order valence-electron chi connectivity index (χ4n) is 4.67. The number of methoxy groups -OCH3 is 2. The lowest BCUT2D eigenvalue weighted by molar-refractivity contribution is -0.122. The van der Waals surface area contributed by atoms with Crippen LogP contribution in [0, 0.1) is 11.8 Å². The molecule has 242 valence electrons. The van der Waals surface area contributed by atoms with E-state index >= 15 is 0 Å². The number of phenolic OH excluding ortho intramolecular Hbond substituents is 2. The van der Waals surface area contributed by atoms with E-state index in [1.807, 2.05) is 0 Å². The molecule has 2 amide bonds. The van der Waals surface area contributed by atoms with Gasteiger partial charge < -0.3 is 30.3 Å². The third-order valence-electron chi connectivity index (χ3n) is 7.07. The Hall–Kier alpha value is -3.94. The lowest BCUT2D eigenvalue weighted by Gasteiger charge is -2.17. The first kappa shape index (κ1) is 36.3. The van der Waals surface area contributed by atoms with Crippen molar-refractivity contribution in [2.75, 3.05) is 14.2 Å². The molecule has 8 nitrogen and oxygen atoms in total. The van der Waals surface area contributed by atoms with Gasteiger partial charge in [0.1, 0.15) is 0 Å². The third-order valence-corrected chi connectivity index (χ3v) is 7.07. The molecule has 0 heterocycles. The highest BCUT2D eigenvalue weighted by molar-refractivity contribution is 5.82. The van der Waals surface area contributed by atoms with Gasteiger partial charge in [-0.3, -0.25) is 9.59 Å². The van der Waals surface area contributed by atoms with Gasteiger partial charge in [-0.15, -0.1) is 0 Å². The minimum Gasteiger partial charge on any atom is -0.504 e. The van der Waals surface area contributed by atoms with E-state index in [0.717, 1.165) is 38.5 Å². The molecule has 0 aliphatic carbocycles. The molecule has 0 bridgehead atoms. The lowest BCUT2D eigenvalue weighted by Crippen LogP contribution is -2.22. The van der Waals surface area contributed by atoms with Crippen molar-refractivity contribution >= 4 is 11.8 Å². The van der Waals surface area contributed by atoms with Gasteiger partial charge >= 0.3 is 0 Å². The molecule has 0 atom stereocenters. The maximum atomic E-state index is 12.5. The molecule has 0 saturated carbocycles. The number of amides is 2. The highest BCUT2D eigenvalue weighted by Crippen LogP contribution is 2.45. The number of carbonyl (C=O) groups is 2. The summed E-state index contributed by atoms with van der Waals surface area (Å²) in [6, 6.07) is 6.73. The summed E-state index contributed by atoms with van der Waals surface area (Å²) in [6.45, 7) is 9.02. The van der Waals surface area contributed by atoms with Crippen molar-refractivity contribution in [1.82, 2.24) is 10.6 Å². The smallest absolute Gasteiger partial charge is 0.220 e. The lowest BCUT2D eigenvalue weighted by atomic mass is 9.97. The Kier molecular flexibility index (Phi) is 16.0. The Bertz CT molecular complexity index is 1170. The van der Waals surface area contributed by atoms with Gasteiger partial charge in [0.15, 0.2) is 23.0 Å². The van der Waals surface area contributed by atoms with E-state index in [1.165, 1.54) is 14.2 Å². The van der Waals surface area contributed by atoms with Gasteiger partial charge in [0, 0.05) is 37.1 Å². The first-order valence-electron chi connectivity index (χ1n) is 15.7. The van der Waals surface area contributed by atoms with Crippen molar-refractivity contribution in [1.29, 1.82) is 0 Å². The van der Waals surface area contributed by atoms with E-state index in [4.69, 9.17) is 9.47 Å². The van der Waals surface area contributed by atoms with Crippen LogP contribution in [0.3, 0.4) is 0 Å². The molecule has 0 aliphatic rings. The summed E-state index contributed by atoms with van der Waals surface area (Å²) in [7, 11) is 2.89.